The number of anilines is 1. The minimum Gasteiger partial charge on any atom is -0.497 e. The van der Waals surface area contributed by atoms with E-state index in [0.29, 0.717) is 32.0 Å². The van der Waals surface area contributed by atoms with Crippen molar-refractivity contribution in [2.24, 2.45) is 4.99 Å². The number of hydrogen-bond donors (Lipinski definition) is 1. The molecule has 2 aromatic heterocycles. The van der Waals surface area contributed by atoms with Gasteiger partial charge < -0.3 is 10.1 Å². The SMILES string of the molecule is CCn1nc(C)c(/C=c2/sc3n(c2=O)C(c2ccc(OC)cc2)C(C(=O)Nc2ccccc2C)=C(C)N=3)c1C. The van der Waals surface area contributed by atoms with Crippen LogP contribution in [0, 0.1) is 20.8 Å². The summed E-state index contributed by atoms with van der Waals surface area (Å²) in [5, 5.41) is 7.64. The summed E-state index contributed by atoms with van der Waals surface area (Å²) in [5.74, 6) is 0.396. The van der Waals surface area contributed by atoms with E-state index in [2.05, 4.69) is 10.4 Å². The second-order valence-corrected chi connectivity index (χ2v) is 10.5. The molecule has 2 aromatic carbocycles. The number of methoxy groups -OCH3 is 1. The van der Waals surface area contributed by atoms with Gasteiger partial charge in [-0.05, 0) is 70.0 Å². The number of hydrogen-bond acceptors (Lipinski definition) is 6. The maximum absolute atomic E-state index is 14.0. The topological polar surface area (TPSA) is 90.5 Å². The number of ether oxygens (including phenoxy) is 1. The zero-order chi connectivity index (χ0) is 27.8. The largest absolute Gasteiger partial charge is 0.497 e. The molecule has 0 bridgehead atoms. The second kappa shape index (κ2) is 10.5. The number of carbonyl (C=O) groups is 1. The molecule has 0 saturated carbocycles. The third kappa shape index (κ3) is 4.74. The van der Waals surface area contributed by atoms with Gasteiger partial charge in [0.25, 0.3) is 11.5 Å². The van der Waals surface area contributed by atoms with Crippen LogP contribution in [-0.4, -0.2) is 27.4 Å². The number of nitrogens with zero attached hydrogens (tertiary/aromatic N) is 4. The molecule has 0 radical (unpaired) electrons. The molecule has 5 rings (SSSR count). The van der Waals surface area contributed by atoms with Crippen LogP contribution in [-0.2, 0) is 11.3 Å². The lowest BCUT2D eigenvalue weighted by Crippen LogP contribution is -2.40. The third-order valence-electron chi connectivity index (χ3n) is 7.10. The van der Waals surface area contributed by atoms with Crippen LogP contribution in [0.25, 0.3) is 6.08 Å². The van der Waals surface area contributed by atoms with Crippen LogP contribution in [0.4, 0.5) is 5.69 Å². The molecular weight excluding hydrogens is 510 g/mol. The Labute approximate surface area is 230 Å². The fourth-order valence-electron chi connectivity index (χ4n) is 4.97. The first-order chi connectivity index (χ1) is 18.7. The molecule has 1 N–H and O–H groups in total. The van der Waals surface area contributed by atoms with E-state index in [4.69, 9.17) is 9.73 Å². The third-order valence-corrected chi connectivity index (χ3v) is 8.09. The monoisotopic (exact) mass is 541 g/mol. The van der Waals surface area contributed by atoms with Gasteiger partial charge in [0.2, 0.25) is 0 Å². The molecule has 9 heteroatoms. The van der Waals surface area contributed by atoms with Gasteiger partial charge in [-0.1, -0.05) is 41.7 Å². The molecule has 3 heterocycles. The van der Waals surface area contributed by atoms with Gasteiger partial charge in [0.15, 0.2) is 4.80 Å². The molecular formula is C30H31N5O3S. The first kappa shape index (κ1) is 26.4. The molecule has 200 valence electrons. The molecule has 1 unspecified atom stereocenters. The van der Waals surface area contributed by atoms with Crippen molar-refractivity contribution in [3.8, 4) is 5.75 Å². The highest BCUT2D eigenvalue weighted by molar-refractivity contribution is 7.07. The number of nitrogens with one attached hydrogen (secondary N) is 1. The van der Waals surface area contributed by atoms with Crippen LogP contribution >= 0.6 is 11.3 Å². The number of benzene rings is 2. The van der Waals surface area contributed by atoms with E-state index in [1.807, 2.05) is 93.9 Å². The highest BCUT2D eigenvalue weighted by atomic mass is 32.1. The zero-order valence-corrected chi connectivity index (χ0v) is 23.7. The molecule has 1 aliphatic rings. The van der Waals surface area contributed by atoms with Crippen molar-refractivity contribution in [1.29, 1.82) is 0 Å². The normalized spacial score (nSPS) is 15.2. The summed E-state index contributed by atoms with van der Waals surface area (Å²) in [7, 11) is 1.61. The Morgan fingerprint density at radius 3 is 2.46 bits per heavy atom. The molecule has 1 amide bonds. The first-order valence-electron chi connectivity index (χ1n) is 12.8. The highest BCUT2D eigenvalue weighted by Gasteiger charge is 2.32. The number of thiazole rings is 1. The van der Waals surface area contributed by atoms with Gasteiger partial charge in [0.1, 0.15) is 5.75 Å². The van der Waals surface area contributed by atoms with Gasteiger partial charge in [0.05, 0.1) is 34.6 Å². The maximum Gasteiger partial charge on any atom is 0.271 e. The van der Waals surface area contributed by atoms with E-state index in [9.17, 15) is 9.59 Å². The van der Waals surface area contributed by atoms with Crippen molar-refractivity contribution in [3.63, 3.8) is 0 Å². The quantitative estimate of drug-likeness (QED) is 0.399. The van der Waals surface area contributed by atoms with Crippen molar-refractivity contribution in [2.75, 3.05) is 12.4 Å². The number of aromatic nitrogens is 3. The number of para-hydroxylation sites is 1. The van der Waals surface area contributed by atoms with Gasteiger partial charge in [0, 0.05) is 23.5 Å². The minimum atomic E-state index is -0.654. The smallest absolute Gasteiger partial charge is 0.271 e. The van der Waals surface area contributed by atoms with Crippen molar-refractivity contribution < 1.29 is 9.53 Å². The molecule has 1 aliphatic heterocycles. The number of allylic oxidation sites excluding steroid dienone is 1. The minimum absolute atomic E-state index is 0.198. The Hall–Kier alpha value is -4.24. The standard InChI is InChI=1S/C30H31N5O3S/c1-7-34-20(5)23(18(3)33-34)16-25-29(37)35-27(21-12-14-22(38-6)15-13-21)26(19(4)31-30(35)39-25)28(36)32-24-11-9-8-10-17(24)2/h8-16,27H,7H2,1-6H3,(H,32,36)/b25-16+. The van der Waals surface area contributed by atoms with Gasteiger partial charge in [-0.25, -0.2) is 4.99 Å². The Balaban J connectivity index is 1.69. The average Bonchev–Trinajstić information content (AvgIpc) is 3.38. The molecule has 8 nitrogen and oxygen atoms in total. The van der Waals surface area contributed by atoms with E-state index in [1.165, 1.54) is 11.3 Å². The van der Waals surface area contributed by atoms with Gasteiger partial charge in [-0.2, -0.15) is 5.10 Å². The van der Waals surface area contributed by atoms with E-state index < -0.39 is 6.04 Å². The zero-order valence-electron chi connectivity index (χ0n) is 22.9. The molecule has 39 heavy (non-hydrogen) atoms. The predicted molar refractivity (Wildman–Crippen MR) is 154 cm³/mol. The van der Waals surface area contributed by atoms with Crippen molar-refractivity contribution in [2.45, 2.75) is 47.2 Å². The van der Waals surface area contributed by atoms with Crippen LogP contribution in [0.1, 0.15) is 48.0 Å². The lowest BCUT2D eigenvalue weighted by Gasteiger charge is -2.25. The Morgan fingerprint density at radius 2 is 1.82 bits per heavy atom. The average molecular weight is 542 g/mol. The summed E-state index contributed by atoms with van der Waals surface area (Å²) in [4.78, 5) is 33.1. The molecule has 0 saturated heterocycles. The summed E-state index contributed by atoms with van der Waals surface area (Å²) in [5.41, 5.74) is 6.04. The summed E-state index contributed by atoms with van der Waals surface area (Å²) >= 11 is 1.32. The summed E-state index contributed by atoms with van der Waals surface area (Å²) < 4.78 is 9.46. The van der Waals surface area contributed by atoms with E-state index in [0.717, 1.165) is 34.6 Å². The van der Waals surface area contributed by atoms with Gasteiger partial charge in [-0.15, -0.1) is 0 Å². The van der Waals surface area contributed by atoms with Crippen LogP contribution < -0.4 is 24.9 Å². The van der Waals surface area contributed by atoms with Crippen LogP contribution in [0.3, 0.4) is 0 Å². The Kier molecular flexibility index (Phi) is 7.10. The molecule has 4 aromatic rings. The summed E-state index contributed by atoms with van der Waals surface area (Å²) in [6.07, 6.45) is 1.89. The molecule has 0 spiro atoms. The number of aryl methyl sites for hydroxylation is 3. The number of rotatable bonds is 6. The van der Waals surface area contributed by atoms with Crippen molar-refractivity contribution in [3.05, 3.63) is 108 Å². The fraction of sp³-hybridized carbons (Fsp3) is 0.267. The van der Waals surface area contributed by atoms with Crippen LogP contribution in [0.5, 0.6) is 5.75 Å². The molecule has 1 atom stereocenters. The Bertz CT molecular complexity index is 1790. The first-order valence-corrected chi connectivity index (χ1v) is 13.6. The Morgan fingerprint density at radius 1 is 1.10 bits per heavy atom. The number of amides is 1. The fourth-order valence-corrected chi connectivity index (χ4v) is 6.00. The van der Waals surface area contributed by atoms with Gasteiger partial charge in [-0.3, -0.25) is 18.8 Å². The number of carbonyl (C=O) groups excluding carboxylic acids is 1. The summed E-state index contributed by atoms with van der Waals surface area (Å²) in [6, 6.07) is 14.4. The lowest BCUT2D eigenvalue weighted by molar-refractivity contribution is -0.113. The lowest BCUT2D eigenvalue weighted by atomic mass is 9.95. The van der Waals surface area contributed by atoms with E-state index in [-0.39, 0.29) is 11.5 Å². The van der Waals surface area contributed by atoms with E-state index in [1.54, 1.807) is 11.7 Å². The second-order valence-electron chi connectivity index (χ2n) is 9.52. The van der Waals surface area contributed by atoms with Crippen LogP contribution in [0.2, 0.25) is 0 Å². The number of fused-ring (bicyclic) bond motifs is 1. The summed E-state index contributed by atoms with van der Waals surface area (Å²) in [6.45, 7) is 10.5. The van der Waals surface area contributed by atoms with Crippen LogP contribution in [0.15, 0.2) is 69.6 Å². The van der Waals surface area contributed by atoms with Gasteiger partial charge >= 0.3 is 0 Å². The van der Waals surface area contributed by atoms with Crippen molar-refractivity contribution in [1.82, 2.24) is 14.3 Å². The molecule has 0 aliphatic carbocycles. The van der Waals surface area contributed by atoms with Crippen molar-refractivity contribution >= 4 is 29.0 Å². The highest BCUT2D eigenvalue weighted by Crippen LogP contribution is 2.32. The molecule has 0 fully saturated rings. The maximum atomic E-state index is 14.0. The van der Waals surface area contributed by atoms with E-state index >= 15 is 0 Å². The predicted octanol–water partition coefficient (Wildman–Crippen LogP) is 4.02.